The lowest BCUT2D eigenvalue weighted by Crippen LogP contribution is -1.95. The van der Waals surface area contributed by atoms with E-state index in [1.807, 2.05) is 7.05 Å². The standard InChI is InChI=1S/C10H13IN4/c1-5(2)6-7-9(12)13-4-14-10(7)15(3)8(6)11/h4-5H,1-3H3,(H2,12,13,14). The average molecular weight is 316 g/mol. The quantitative estimate of drug-likeness (QED) is 0.821. The summed E-state index contributed by atoms with van der Waals surface area (Å²) in [6, 6.07) is 0. The van der Waals surface area contributed by atoms with Crippen LogP contribution in [0.3, 0.4) is 0 Å². The zero-order chi connectivity index (χ0) is 11.2. The summed E-state index contributed by atoms with van der Waals surface area (Å²) >= 11 is 2.33. The van der Waals surface area contributed by atoms with Crippen molar-refractivity contribution in [3.05, 3.63) is 15.6 Å². The van der Waals surface area contributed by atoms with Crippen molar-refractivity contribution >= 4 is 39.4 Å². The van der Waals surface area contributed by atoms with Crippen LogP contribution in [0.25, 0.3) is 11.0 Å². The molecule has 2 aromatic heterocycles. The van der Waals surface area contributed by atoms with E-state index in [9.17, 15) is 0 Å². The molecule has 0 saturated carbocycles. The molecule has 80 valence electrons. The SMILES string of the molecule is CC(C)c1c(I)n(C)c2ncnc(N)c12. The van der Waals surface area contributed by atoms with Crippen molar-refractivity contribution in [3.63, 3.8) is 0 Å². The van der Waals surface area contributed by atoms with Crippen LogP contribution in [-0.4, -0.2) is 14.5 Å². The normalized spacial score (nSPS) is 11.5. The summed E-state index contributed by atoms with van der Waals surface area (Å²) in [6.45, 7) is 4.31. The van der Waals surface area contributed by atoms with Gasteiger partial charge in [0.1, 0.15) is 17.8 Å². The third kappa shape index (κ3) is 1.49. The molecule has 0 aromatic carbocycles. The second-order valence-electron chi connectivity index (χ2n) is 3.88. The summed E-state index contributed by atoms with van der Waals surface area (Å²) in [5.74, 6) is 0.996. The highest BCUT2D eigenvalue weighted by Crippen LogP contribution is 2.33. The Morgan fingerprint density at radius 1 is 1.40 bits per heavy atom. The van der Waals surface area contributed by atoms with Crippen LogP contribution < -0.4 is 5.73 Å². The van der Waals surface area contributed by atoms with E-state index in [-0.39, 0.29) is 0 Å². The van der Waals surface area contributed by atoms with Crippen molar-refractivity contribution < 1.29 is 0 Å². The van der Waals surface area contributed by atoms with Gasteiger partial charge in [-0.05, 0) is 34.1 Å². The maximum absolute atomic E-state index is 5.91. The smallest absolute Gasteiger partial charge is 0.146 e. The van der Waals surface area contributed by atoms with Crippen molar-refractivity contribution in [2.75, 3.05) is 5.73 Å². The Bertz CT molecular complexity index is 516. The van der Waals surface area contributed by atoms with Gasteiger partial charge < -0.3 is 10.3 Å². The Kier molecular flexibility index (Phi) is 2.57. The van der Waals surface area contributed by atoms with Gasteiger partial charge in [-0.1, -0.05) is 13.8 Å². The first-order valence-electron chi connectivity index (χ1n) is 4.78. The lowest BCUT2D eigenvalue weighted by atomic mass is 10.0. The summed E-state index contributed by atoms with van der Waals surface area (Å²) < 4.78 is 3.24. The third-order valence-electron chi connectivity index (χ3n) is 2.54. The summed E-state index contributed by atoms with van der Waals surface area (Å²) in [6.07, 6.45) is 1.51. The number of halogens is 1. The lowest BCUT2D eigenvalue weighted by molar-refractivity contribution is 0.836. The molecule has 2 heterocycles. The van der Waals surface area contributed by atoms with Crippen LogP contribution in [0.5, 0.6) is 0 Å². The van der Waals surface area contributed by atoms with Gasteiger partial charge in [0.25, 0.3) is 0 Å². The first-order valence-corrected chi connectivity index (χ1v) is 5.86. The molecule has 0 bridgehead atoms. The summed E-state index contributed by atoms with van der Waals surface area (Å²) in [7, 11) is 2.00. The van der Waals surface area contributed by atoms with Gasteiger partial charge >= 0.3 is 0 Å². The number of nitrogens with two attached hydrogens (primary N) is 1. The Morgan fingerprint density at radius 2 is 2.07 bits per heavy atom. The molecule has 0 amide bonds. The fourth-order valence-corrected chi connectivity index (χ4v) is 2.93. The molecule has 0 unspecified atom stereocenters. The van der Waals surface area contributed by atoms with E-state index in [1.54, 1.807) is 0 Å². The van der Waals surface area contributed by atoms with Gasteiger partial charge in [-0.25, -0.2) is 9.97 Å². The summed E-state index contributed by atoms with van der Waals surface area (Å²) in [5.41, 5.74) is 8.06. The maximum atomic E-state index is 5.91. The zero-order valence-corrected chi connectivity index (χ0v) is 11.1. The Morgan fingerprint density at radius 3 is 2.67 bits per heavy atom. The number of hydrogen-bond acceptors (Lipinski definition) is 3. The number of fused-ring (bicyclic) bond motifs is 1. The minimum absolute atomic E-state index is 0.425. The molecule has 0 spiro atoms. The number of rotatable bonds is 1. The Labute approximate surface area is 102 Å². The molecule has 0 aliphatic carbocycles. The molecule has 2 rings (SSSR count). The molecule has 0 aliphatic heterocycles. The Balaban J connectivity index is 2.95. The molecule has 5 heteroatoms. The van der Waals surface area contributed by atoms with Crippen LogP contribution in [0.2, 0.25) is 0 Å². The lowest BCUT2D eigenvalue weighted by Gasteiger charge is -2.04. The van der Waals surface area contributed by atoms with Crippen LogP contribution >= 0.6 is 22.6 Å². The van der Waals surface area contributed by atoms with E-state index < -0.39 is 0 Å². The van der Waals surface area contributed by atoms with Gasteiger partial charge in [-0.15, -0.1) is 0 Å². The van der Waals surface area contributed by atoms with Gasteiger partial charge in [-0.2, -0.15) is 0 Å². The summed E-state index contributed by atoms with van der Waals surface area (Å²) in [4.78, 5) is 8.33. The van der Waals surface area contributed by atoms with Gasteiger partial charge in [0.15, 0.2) is 0 Å². The summed E-state index contributed by atoms with van der Waals surface area (Å²) in [5, 5.41) is 0.999. The predicted molar refractivity (Wildman–Crippen MR) is 69.7 cm³/mol. The minimum atomic E-state index is 0.425. The highest BCUT2D eigenvalue weighted by Gasteiger charge is 2.18. The van der Waals surface area contributed by atoms with Gasteiger partial charge in [-0.3, -0.25) is 0 Å². The minimum Gasteiger partial charge on any atom is -0.383 e. The zero-order valence-electron chi connectivity index (χ0n) is 8.95. The predicted octanol–water partition coefficient (Wildman–Crippen LogP) is 2.28. The molecule has 0 atom stereocenters. The van der Waals surface area contributed by atoms with Crippen LogP contribution in [0.4, 0.5) is 5.82 Å². The van der Waals surface area contributed by atoms with E-state index in [0.717, 1.165) is 11.0 Å². The third-order valence-corrected chi connectivity index (χ3v) is 3.84. The van der Waals surface area contributed by atoms with Crippen LogP contribution in [0, 0.1) is 3.70 Å². The van der Waals surface area contributed by atoms with Crippen molar-refractivity contribution in [2.45, 2.75) is 19.8 Å². The monoisotopic (exact) mass is 316 g/mol. The van der Waals surface area contributed by atoms with Crippen molar-refractivity contribution in [1.82, 2.24) is 14.5 Å². The molecule has 2 aromatic rings. The highest BCUT2D eigenvalue weighted by molar-refractivity contribution is 14.1. The molecule has 4 nitrogen and oxygen atoms in total. The van der Waals surface area contributed by atoms with Crippen LogP contribution in [-0.2, 0) is 7.05 Å². The largest absolute Gasteiger partial charge is 0.383 e. The number of aryl methyl sites for hydroxylation is 1. The number of anilines is 1. The van der Waals surface area contributed by atoms with Gasteiger partial charge in [0, 0.05) is 7.05 Å². The fourth-order valence-electron chi connectivity index (χ4n) is 1.81. The molecule has 0 fully saturated rings. The first kappa shape index (κ1) is 10.7. The average Bonchev–Trinajstić information content (AvgIpc) is 2.43. The highest BCUT2D eigenvalue weighted by atomic mass is 127. The maximum Gasteiger partial charge on any atom is 0.146 e. The molecular formula is C10H13IN4. The van der Waals surface area contributed by atoms with E-state index in [1.165, 1.54) is 15.6 Å². The van der Waals surface area contributed by atoms with Crippen molar-refractivity contribution in [2.24, 2.45) is 7.05 Å². The topological polar surface area (TPSA) is 56.7 Å². The molecule has 0 aliphatic rings. The molecular weight excluding hydrogens is 303 g/mol. The number of nitrogens with zero attached hydrogens (tertiary/aromatic N) is 3. The van der Waals surface area contributed by atoms with Crippen LogP contribution in [0.1, 0.15) is 25.3 Å². The Hall–Kier alpha value is -0.850. The fraction of sp³-hybridized carbons (Fsp3) is 0.400. The van der Waals surface area contributed by atoms with E-state index in [4.69, 9.17) is 5.73 Å². The van der Waals surface area contributed by atoms with E-state index in [0.29, 0.717) is 11.7 Å². The molecule has 0 radical (unpaired) electrons. The molecule has 2 N–H and O–H groups in total. The number of nitrogen functional groups attached to an aromatic ring is 1. The molecule has 15 heavy (non-hydrogen) atoms. The van der Waals surface area contributed by atoms with Crippen molar-refractivity contribution in [1.29, 1.82) is 0 Å². The molecule has 0 saturated heterocycles. The van der Waals surface area contributed by atoms with Gasteiger partial charge in [0.05, 0.1) is 9.09 Å². The number of hydrogen-bond donors (Lipinski definition) is 1. The van der Waals surface area contributed by atoms with Gasteiger partial charge in [0.2, 0.25) is 0 Å². The van der Waals surface area contributed by atoms with E-state index >= 15 is 0 Å². The second-order valence-corrected chi connectivity index (χ2v) is 4.90. The van der Waals surface area contributed by atoms with Crippen LogP contribution in [0.15, 0.2) is 6.33 Å². The second kappa shape index (κ2) is 3.62. The first-order chi connectivity index (χ1) is 7.04. The van der Waals surface area contributed by atoms with E-state index in [2.05, 4.69) is 51.0 Å². The number of aromatic nitrogens is 3. The van der Waals surface area contributed by atoms with Crippen molar-refractivity contribution in [3.8, 4) is 0 Å².